The minimum Gasteiger partial charge on any atom is -0.346 e. The number of rotatable bonds is 2. The molecule has 14 heavy (non-hydrogen) atoms. The van der Waals surface area contributed by atoms with Gasteiger partial charge in [-0.3, -0.25) is 4.79 Å². The monoisotopic (exact) mass is 212 g/mol. The molecule has 1 aliphatic rings. The van der Waals surface area contributed by atoms with Crippen LogP contribution < -0.4 is 0 Å². The summed E-state index contributed by atoms with van der Waals surface area (Å²) in [5.41, 5.74) is 1.39. The fourth-order valence-electron chi connectivity index (χ4n) is 1.32. The summed E-state index contributed by atoms with van der Waals surface area (Å²) >= 11 is 5.31. The number of benzene rings is 1. The summed E-state index contributed by atoms with van der Waals surface area (Å²) in [5, 5.41) is -0.454. The van der Waals surface area contributed by atoms with Crippen LogP contribution in [0.1, 0.15) is 22.2 Å². The molecule has 0 spiro atoms. The molecule has 4 heteroatoms. The Morgan fingerprint density at radius 3 is 2.29 bits per heavy atom. The highest BCUT2D eigenvalue weighted by molar-refractivity contribution is 6.67. The van der Waals surface area contributed by atoms with Gasteiger partial charge in [0.1, 0.15) is 0 Å². The van der Waals surface area contributed by atoms with E-state index < -0.39 is 5.24 Å². The van der Waals surface area contributed by atoms with Gasteiger partial charge in [-0.15, -0.1) is 0 Å². The average molecular weight is 213 g/mol. The SMILES string of the molecule is O=C(Cl)c1ccc(C2OCCO2)cc1. The van der Waals surface area contributed by atoms with Gasteiger partial charge in [-0.25, -0.2) is 0 Å². The van der Waals surface area contributed by atoms with Gasteiger partial charge < -0.3 is 9.47 Å². The second-order valence-electron chi connectivity index (χ2n) is 2.97. The molecule has 0 unspecified atom stereocenters. The molecule has 0 aromatic heterocycles. The molecular weight excluding hydrogens is 204 g/mol. The number of halogens is 1. The van der Waals surface area contributed by atoms with Crippen LogP contribution in [0.5, 0.6) is 0 Å². The van der Waals surface area contributed by atoms with Gasteiger partial charge in [0.15, 0.2) is 6.29 Å². The second-order valence-corrected chi connectivity index (χ2v) is 3.31. The fraction of sp³-hybridized carbons (Fsp3) is 0.300. The van der Waals surface area contributed by atoms with Crippen molar-refractivity contribution in [3.8, 4) is 0 Å². The Morgan fingerprint density at radius 2 is 1.79 bits per heavy atom. The number of hydrogen-bond donors (Lipinski definition) is 0. The Hall–Kier alpha value is -0.900. The van der Waals surface area contributed by atoms with Crippen molar-refractivity contribution in [1.82, 2.24) is 0 Å². The Balaban J connectivity index is 2.16. The Kier molecular flexibility index (Phi) is 2.82. The molecule has 1 aromatic carbocycles. The number of ether oxygens (including phenoxy) is 2. The molecule has 74 valence electrons. The summed E-state index contributed by atoms with van der Waals surface area (Å²) in [6, 6.07) is 6.89. The largest absolute Gasteiger partial charge is 0.346 e. The third-order valence-corrected chi connectivity index (χ3v) is 2.25. The Bertz CT molecular complexity index is 328. The molecule has 0 radical (unpaired) electrons. The lowest BCUT2D eigenvalue weighted by Crippen LogP contribution is -1.98. The molecule has 1 saturated heterocycles. The van der Waals surface area contributed by atoms with E-state index in [1.165, 1.54) is 0 Å². The van der Waals surface area contributed by atoms with Gasteiger partial charge >= 0.3 is 0 Å². The third-order valence-electron chi connectivity index (χ3n) is 2.03. The maximum absolute atomic E-state index is 10.8. The van der Waals surface area contributed by atoms with Crippen LogP contribution in [0.2, 0.25) is 0 Å². The van der Waals surface area contributed by atoms with Gasteiger partial charge in [0.05, 0.1) is 13.2 Å². The normalized spacial score (nSPS) is 17.2. The number of hydrogen-bond acceptors (Lipinski definition) is 3. The molecule has 0 aliphatic carbocycles. The quantitative estimate of drug-likeness (QED) is 0.705. The topological polar surface area (TPSA) is 35.5 Å². The molecule has 0 saturated carbocycles. The maximum atomic E-state index is 10.8. The lowest BCUT2D eigenvalue weighted by Gasteiger charge is -2.08. The van der Waals surface area contributed by atoms with E-state index >= 15 is 0 Å². The van der Waals surface area contributed by atoms with Crippen molar-refractivity contribution >= 4 is 16.8 Å². The van der Waals surface area contributed by atoms with Crippen molar-refractivity contribution in [1.29, 1.82) is 0 Å². The smallest absolute Gasteiger partial charge is 0.252 e. The summed E-state index contributed by atoms with van der Waals surface area (Å²) in [4.78, 5) is 10.8. The van der Waals surface area contributed by atoms with Gasteiger partial charge in [0, 0.05) is 11.1 Å². The van der Waals surface area contributed by atoms with Crippen LogP contribution in [-0.4, -0.2) is 18.5 Å². The average Bonchev–Trinajstić information content (AvgIpc) is 2.71. The first kappa shape index (κ1) is 9.65. The minimum absolute atomic E-state index is 0.297. The van der Waals surface area contributed by atoms with Crippen molar-refractivity contribution in [2.45, 2.75) is 6.29 Å². The first-order chi connectivity index (χ1) is 6.77. The van der Waals surface area contributed by atoms with Crippen molar-refractivity contribution in [2.24, 2.45) is 0 Å². The molecule has 0 N–H and O–H groups in total. The zero-order chi connectivity index (χ0) is 9.97. The van der Waals surface area contributed by atoms with E-state index in [1.54, 1.807) is 24.3 Å². The summed E-state index contributed by atoms with van der Waals surface area (Å²) < 4.78 is 10.6. The van der Waals surface area contributed by atoms with Gasteiger partial charge in [-0.2, -0.15) is 0 Å². The van der Waals surface area contributed by atoms with E-state index in [0.717, 1.165) is 5.56 Å². The molecule has 0 amide bonds. The van der Waals surface area contributed by atoms with Crippen molar-refractivity contribution < 1.29 is 14.3 Å². The van der Waals surface area contributed by atoms with E-state index in [-0.39, 0.29) is 6.29 Å². The Labute approximate surface area is 86.6 Å². The van der Waals surface area contributed by atoms with Crippen LogP contribution in [0, 0.1) is 0 Å². The molecule has 1 heterocycles. The van der Waals surface area contributed by atoms with Crippen LogP contribution in [0.25, 0.3) is 0 Å². The zero-order valence-electron chi connectivity index (χ0n) is 7.40. The predicted octanol–water partition coefficient (Wildman–Crippen LogP) is 2.11. The first-order valence-corrected chi connectivity index (χ1v) is 4.68. The van der Waals surface area contributed by atoms with Crippen molar-refractivity contribution in [3.63, 3.8) is 0 Å². The molecule has 3 nitrogen and oxygen atoms in total. The minimum atomic E-state index is -0.454. The van der Waals surface area contributed by atoms with E-state index in [1.807, 2.05) is 0 Å². The first-order valence-electron chi connectivity index (χ1n) is 4.30. The third kappa shape index (κ3) is 1.95. The number of carbonyl (C=O) groups is 1. The predicted molar refractivity (Wildman–Crippen MR) is 51.3 cm³/mol. The molecule has 1 aromatic rings. The van der Waals surface area contributed by atoms with Crippen LogP contribution in [0.4, 0.5) is 0 Å². The highest BCUT2D eigenvalue weighted by Crippen LogP contribution is 2.23. The van der Waals surface area contributed by atoms with E-state index in [4.69, 9.17) is 21.1 Å². The van der Waals surface area contributed by atoms with Gasteiger partial charge in [-0.05, 0) is 23.7 Å². The number of carbonyl (C=O) groups excluding carboxylic acids is 1. The van der Waals surface area contributed by atoms with Crippen LogP contribution in [-0.2, 0) is 9.47 Å². The summed E-state index contributed by atoms with van der Waals surface area (Å²) in [7, 11) is 0. The molecular formula is C10H9ClO3. The van der Waals surface area contributed by atoms with Crippen LogP contribution in [0.3, 0.4) is 0 Å². The second kappa shape index (κ2) is 4.09. The summed E-state index contributed by atoms with van der Waals surface area (Å²) in [6.45, 7) is 1.22. The van der Waals surface area contributed by atoms with Gasteiger partial charge in [0.2, 0.25) is 0 Å². The van der Waals surface area contributed by atoms with Gasteiger partial charge in [0.25, 0.3) is 5.24 Å². The molecule has 1 fully saturated rings. The zero-order valence-corrected chi connectivity index (χ0v) is 8.16. The van der Waals surface area contributed by atoms with E-state index in [0.29, 0.717) is 18.8 Å². The standard InChI is InChI=1S/C10H9ClO3/c11-9(12)7-1-3-8(4-2-7)10-13-5-6-14-10/h1-4,10H,5-6H2. The highest BCUT2D eigenvalue weighted by Gasteiger charge is 2.17. The highest BCUT2D eigenvalue weighted by atomic mass is 35.5. The van der Waals surface area contributed by atoms with E-state index in [2.05, 4.69) is 0 Å². The molecule has 0 atom stereocenters. The van der Waals surface area contributed by atoms with Crippen molar-refractivity contribution in [2.75, 3.05) is 13.2 Å². The molecule has 0 bridgehead atoms. The maximum Gasteiger partial charge on any atom is 0.252 e. The Morgan fingerprint density at radius 1 is 1.21 bits per heavy atom. The lowest BCUT2D eigenvalue weighted by atomic mass is 10.1. The summed E-state index contributed by atoms with van der Waals surface area (Å²) in [5.74, 6) is 0. The molecule has 2 rings (SSSR count). The van der Waals surface area contributed by atoms with Crippen LogP contribution >= 0.6 is 11.6 Å². The molecule has 1 aliphatic heterocycles. The van der Waals surface area contributed by atoms with Gasteiger partial charge in [-0.1, -0.05) is 12.1 Å². The van der Waals surface area contributed by atoms with Crippen LogP contribution in [0.15, 0.2) is 24.3 Å². The van der Waals surface area contributed by atoms with Crippen molar-refractivity contribution in [3.05, 3.63) is 35.4 Å². The summed E-state index contributed by atoms with van der Waals surface area (Å²) in [6.07, 6.45) is -0.297. The lowest BCUT2D eigenvalue weighted by molar-refractivity contribution is -0.0441. The fourth-order valence-corrected chi connectivity index (χ4v) is 1.45. The van der Waals surface area contributed by atoms with E-state index in [9.17, 15) is 4.79 Å².